The Hall–Kier alpha value is -3.37. The Balaban J connectivity index is 1.97. The van der Waals surface area contributed by atoms with Gasteiger partial charge in [-0.2, -0.15) is 0 Å². The van der Waals surface area contributed by atoms with Gasteiger partial charge in [-0.1, -0.05) is 42.5 Å². The number of rotatable bonds is 4. The molecule has 0 unspecified atom stereocenters. The number of carbonyl (C=O) groups excluding carboxylic acids is 3. The van der Waals surface area contributed by atoms with Crippen molar-refractivity contribution in [3.05, 3.63) is 71.3 Å². The second-order valence-corrected chi connectivity index (χ2v) is 4.67. The van der Waals surface area contributed by atoms with E-state index in [4.69, 9.17) is 0 Å². The fraction of sp³-hybridized carbons (Fsp3) is 0.0588. The summed E-state index contributed by atoms with van der Waals surface area (Å²) in [6, 6.07) is 14.8. The van der Waals surface area contributed by atoms with E-state index in [1.54, 1.807) is 42.3 Å². The van der Waals surface area contributed by atoms with Crippen molar-refractivity contribution in [3.63, 3.8) is 0 Å². The third kappa shape index (κ3) is 4.30. The van der Waals surface area contributed by atoms with Crippen LogP contribution in [0.2, 0.25) is 0 Å². The molecule has 6 nitrogen and oxygen atoms in total. The van der Waals surface area contributed by atoms with Crippen LogP contribution in [0.15, 0.2) is 60.2 Å². The quantitative estimate of drug-likeness (QED) is 0.448. The number of phenolic OH excluding ortho intramolecular Hbond substituents is 1. The van der Waals surface area contributed by atoms with Gasteiger partial charge in [0.2, 0.25) is 0 Å². The number of benzene rings is 2. The molecule has 2 aromatic rings. The highest BCUT2D eigenvalue weighted by Crippen LogP contribution is 2.14. The van der Waals surface area contributed by atoms with Crippen molar-refractivity contribution in [2.75, 3.05) is 0 Å². The Morgan fingerprint density at radius 2 is 1.61 bits per heavy atom. The molecule has 116 valence electrons. The minimum atomic E-state index is -0.757. The normalized spacial score (nSPS) is 9.57. The minimum Gasteiger partial charge on any atom is -0.507 e. The van der Waals surface area contributed by atoms with Gasteiger partial charge < -0.3 is 5.11 Å². The molecule has 0 atom stereocenters. The van der Waals surface area contributed by atoms with Crippen molar-refractivity contribution in [1.29, 1.82) is 0 Å². The van der Waals surface area contributed by atoms with Crippen LogP contribution in [0.25, 0.3) is 0 Å². The predicted octanol–water partition coefficient (Wildman–Crippen LogP) is 1.15. The summed E-state index contributed by atoms with van der Waals surface area (Å²) in [6.45, 7) is 0. The summed E-state index contributed by atoms with van der Waals surface area (Å²) in [4.78, 5) is 34.7. The van der Waals surface area contributed by atoms with E-state index in [9.17, 15) is 19.5 Å². The molecule has 2 amide bonds. The van der Waals surface area contributed by atoms with Crippen molar-refractivity contribution >= 4 is 17.8 Å². The molecular weight excluding hydrogens is 296 g/mol. The van der Waals surface area contributed by atoms with Crippen LogP contribution in [0.1, 0.15) is 15.9 Å². The Labute approximate surface area is 132 Å². The first-order valence-corrected chi connectivity index (χ1v) is 6.78. The van der Waals surface area contributed by atoms with Crippen molar-refractivity contribution in [2.45, 2.75) is 6.42 Å². The van der Waals surface area contributed by atoms with E-state index in [1.165, 1.54) is 12.1 Å². The molecule has 0 aliphatic rings. The van der Waals surface area contributed by atoms with Crippen LogP contribution in [0.3, 0.4) is 0 Å². The van der Waals surface area contributed by atoms with Crippen molar-refractivity contribution in [2.24, 2.45) is 0 Å². The summed E-state index contributed by atoms with van der Waals surface area (Å²) < 4.78 is 0. The molecule has 0 aliphatic heterocycles. The van der Waals surface area contributed by atoms with E-state index in [0.717, 1.165) is 5.56 Å². The number of nitrogens with one attached hydrogen (secondary N) is 2. The molecule has 0 radical (unpaired) electrons. The van der Waals surface area contributed by atoms with Gasteiger partial charge in [-0.3, -0.25) is 20.4 Å². The first kappa shape index (κ1) is 16.0. The lowest BCUT2D eigenvalue weighted by Gasteiger charge is -2.09. The standard InChI is InChI=1S/C17H14N2O4/c20-11-13(10-12-6-2-1-3-7-12)16(22)18-19-17(23)14-8-4-5-9-15(14)21/h1-9,21H,10H2,(H,18,22)(H,19,23). The highest BCUT2D eigenvalue weighted by atomic mass is 16.3. The van der Waals surface area contributed by atoms with Gasteiger partial charge in [0.25, 0.3) is 11.8 Å². The van der Waals surface area contributed by atoms with Gasteiger partial charge in [-0.25, -0.2) is 4.79 Å². The largest absolute Gasteiger partial charge is 0.507 e. The Morgan fingerprint density at radius 3 is 2.26 bits per heavy atom. The van der Waals surface area contributed by atoms with E-state index >= 15 is 0 Å². The fourth-order valence-corrected chi connectivity index (χ4v) is 1.88. The van der Waals surface area contributed by atoms with E-state index < -0.39 is 11.8 Å². The molecule has 2 aromatic carbocycles. The molecule has 0 fully saturated rings. The molecule has 23 heavy (non-hydrogen) atoms. The molecule has 0 spiro atoms. The Morgan fingerprint density at radius 1 is 0.957 bits per heavy atom. The van der Waals surface area contributed by atoms with Crippen LogP contribution in [0.5, 0.6) is 5.75 Å². The highest BCUT2D eigenvalue weighted by molar-refractivity contribution is 6.03. The second kappa shape index (κ2) is 7.59. The number of para-hydroxylation sites is 1. The van der Waals surface area contributed by atoms with Crippen LogP contribution < -0.4 is 10.9 Å². The summed E-state index contributed by atoms with van der Waals surface area (Å²) in [6.07, 6.45) is 0.0998. The third-order valence-corrected chi connectivity index (χ3v) is 3.06. The second-order valence-electron chi connectivity index (χ2n) is 4.67. The van der Waals surface area contributed by atoms with E-state index in [1.807, 2.05) is 6.07 Å². The van der Waals surface area contributed by atoms with Gasteiger partial charge in [0.1, 0.15) is 17.3 Å². The van der Waals surface area contributed by atoms with Crippen molar-refractivity contribution in [1.82, 2.24) is 10.9 Å². The van der Waals surface area contributed by atoms with Gasteiger partial charge >= 0.3 is 0 Å². The topological polar surface area (TPSA) is 95.5 Å². The zero-order chi connectivity index (χ0) is 16.7. The average Bonchev–Trinajstić information content (AvgIpc) is 2.58. The lowest BCUT2D eigenvalue weighted by atomic mass is 10.1. The molecule has 0 aromatic heterocycles. The maximum Gasteiger partial charge on any atom is 0.277 e. The molecule has 3 N–H and O–H groups in total. The van der Waals surface area contributed by atoms with Crippen LogP contribution in [0.4, 0.5) is 0 Å². The lowest BCUT2D eigenvalue weighted by Crippen LogP contribution is -2.42. The number of carbonyl (C=O) groups is 2. The van der Waals surface area contributed by atoms with E-state index in [2.05, 4.69) is 10.9 Å². The molecular formula is C17H14N2O4. The molecule has 0 heterocycles. The van der Waals surface area contributed by atoms with Crippen LogP contribution >= 0.6 is 0 Å². The number of aromatic hydroxyl groups is 1. The third-order valence-electron chi connectivity index (χ3n) is 3.06. The van der Waals surface area contributed by atoms with Gasteiger partial charge in [-0.05, 0) is 17.7 Å². The Bertz CT molecular complexity index is 765. The van der Waals surface area contributed by atoms with Gasteiger partial charge in [0.15, 0.2) is 0 Å². The molecule has 0 saturated carbocycles. The highest BCUT2D eigenvalue weighted by Gasteiger charge is 2.14. The number of hydrogen-bond donors (Lipinski definition) is 3. The molecule has 2 rings (SSSR count). The molecule has 6 heteroatoms. The summed E-state index contributed by atoms with van der Waals surface area (Å²) >= 11 is 0. The number of hydrazine groups is 1. The molecule has 0 aliphatic carbocycles. The summed E-state index contributed by atoms with van der Waals surface area (Å²) in [5.74, 6) is -0.0841. The first-order chi connectivity index (χ1) is 11.1. The van der Waals surface area contributed by atoms with Crippen molar-refractivity contribution < 1.29 is 19.5 Å². The summed E-state index contributed by atoms with van der Waals surface area (Å²) in [5.41, 5.74) is 4.91. The van der Waals surface area contributed by atoms with Gasteiger partial charge in [0.05, 0.1) is 5.56 Å². The van der Waals surface area contributed by atoms with Gasteiger partial charge in [-0.15, -0.1) is 0 Å². The smallest absolute Gasteiger partial charge is 0.277 e. The summed E-state index contributed by atoms with van der Waals surface area (Å²) in [7, 11) is 0. The number of amides is 2. The zero-order valence-corrected chi connectivity index (χ0v) is 12.1. The maximum atomic E-state index is 11.9. The maximum absolute atomic E-state index is 11.9. The van der Waals surface area contributed by atoms with E-state index in [-0.39, 0.29) is 23.3 Å². The van der Waals surface area contributed by atoms with E-state index in [0.29, 0.717) is 0 Å². The zero-order valence-electron chi connectivity index (χ0n) is 12.1. The number of hydrogen-bond acceptors (Lipinski definition) is 4. The van der Waals surface area contributed by atoms with Gasteiger partial charge in [0, 0.05) is 6.42 Å². The average molecular weight is 310 g/mol. The van der Waals surface area contributed by atoms with Crippen molar-refractivity contribution in [3.8, 4) is 5.75 Å². The fourth-order valence-electron chi connectivity index (χ4n) is 1.88. The summed E-state index contributed by atoms with van der Waals surface area (Å²) in [5, 5.41) is 9.56. The molecule has 0 bridgehead atoms. The SMILES string of the molecule is O=C=C(Cc1ccccc1)C(=O)NNC(=O)c1ccccc1O. The lowest BCUT2D eigenvalue weighted by molar-refractivity contribution is -0.118. The minimum absolute atomic E-state index is 0.00694. The van der Waals surface area contributed by atoms with Crippen LogP contribution in [0, 0.1) is 0 Å². The molecule has 0 saturated heterocycles. The predicted molar refractivity (Wildman–Crippen MR) is 83.1 cm³/mol. The van der Waals surface area contributed by atoms with Crippen LogP contribution in [-0.2, 0) is 16.0 Å². The first-order valence-electron chi connectivity index (χ1n) is 6.78. The Kier molecular flexibility index (Phi) is 5.28. The van der Waals surface area contributed by atoms with Crippen LogP contribution in [-0.4, -0.2) is 22.9 Å². The monoisotopic (exact) mass is 310 g/mol. The number of phenols is 1.